The van der Waals surface area contributed by atoms with Crippen molar-refractivity contribution >= 4 is 40.3 Å². The Labute approximate surface area is 201 Å². The fourth-order valence-corrected chi connectivity index (χ4v) is 4.68. The second kappa shape index (κ2) is 9.94. The molecule has 3 aromatic rings. The molecule has 6 nitrogen and oxygen atoms in total. The molecule has 4 rings (SSSR count). The standard InChI is InChI=1S/C25H20N2O4S2/c1-29-21-9-5-16(13-22(21)30-2)11-12-27-24(28)23(33-25(27)32)14-19-8-10-20(31-19)18-6-3-17(15-26)4-7-18/h3-10,13-14H,11-12H2,1-2H3/b23-14-. The molecule has 1 aliphatic heterocycles. The third-order valence-corrected chi connectivity index (χ3v) is 6.52. The van der Waals surface area contributed by atoms with Gasteiger partial charge in [0.05, 0.1) is 30.8 Å². The van der Waals surface area contributed by atoms with Crippen molar-refractivity contribution in [1.82, 2.24) is 4.90 Å². The molecule has 33 heavy (non-hydrogen) atoms. The zero-order valence-corrected chi connectivity index (χ0v) is 19.7. The predicted molar refractivity (Wildman–Crippen MR) is 132 cm³/mol. The van der Waals surface area contributed by atoms with Crippen LogP contribution in [0.25, 0.3) is 17.4 Å². The molecule has 166 valence electrons. The number of thioether (sulfide) groups is 1. The van der Waals surface area contributed by atoms with E-state index in [4.69, 9.17) is 31.4 Å². The van der Waals surface area contributed by atoms with Gasteiger partial charge in [-0.05, 0) is 60.5 Å². The molecule has 0 radical (unpaired) electrons. The average Bonchev–Trinajstić information content (AvgIpc) is 3.41. The molecule has 2 aromatic carbocycles. The minimum absolute atomic E-state index is 0.137. The molecule has 1 saturated heterocycles. The number of ether oxygens (including phenoxy) is 2. The second-order valence-electron chi connectivity index (χ2n) is 7.16. The van der Waals surface area contributed by atoms with E-state index in [1.165, 1.54) is 11.8 Å². The molecule has 8 heteroatoms. The minimum atomic E-state index is -0.137. The molecular formula is C25H20N2O4S2. The first kappa shape index (κ1) is 22.6. The molecule has 0 bridgehead atoms. The Balaban J connectivity index is 1.45. The van der Waals surface area contributed by atoms with Crippen LogP contribution in [0.2, 0.25) is 0 Å². The van der Waals surface area contributed by atoms with Crippen molar-refractivity contribution in [2.75, 3.05) is 20.8 Å². The van der Waals surface area contributed by atoms with E-state index in [-0.39, 0.29) is 5.91 Å². The number of nitrogens with zero attached hydrogens (tertiary/aromatic N) is 2. The lowest BCUT2D eigenvalue weighted by molar-refractivity contribution is -0.122. The van der Waals surface area contributed by atoms with Crippen molar-refractivity contribution in [3.63, 3.8) is 0 Å². The Kier molecular flexibility index (Phi) is 6.82. The van der Waals surface area contributed by atoms with Gasteiger partial charge < -0.3 is 13.9 Å². The van der Waals surface area contributed by atoms with Gasteiger partial charge in [0, 0.05) is 18.2 Å². The Morgan fingerprint density at radius 2 is 1.85 bits per heavy atom. The Bertz CT molecular complexity index is 1270. The summed E-state index contributed by atoms with van der Waals surface area (Å²) in [6.45, 7) is 0.464. The number of rotatable bonds is 7. The highest BCUT2D eigenvalue weighted by Gasteiger charge is 2.32. The third kappa shape index (κ3) is 4.95. The summed E-state index contributed by atoms with van der Waals surface area (Å²) in [6, 6.07) is 18.6. The van der Waals surface area contributed by atoms with E-state index in [0.29, 0.717) is 50.8 Å². The summed E-state index contributed by atoms with van der Waals surface area (Å²) in [5.41, 5.74) is 2.46. The van der Waals surface area contributed by atoms with Crippen LogP contribution in [0.5, 0.6) is 11.5 Å². The minimum Gasteiger partial charge on any atom is -0.493 e. The smallest absolute Gasteiger partial charge is 0.266 e. The topological polar surface area (TPSA) is 75.7 Å². The van der Waals surface area contributed by atoms with Crippen LogP contribution in [0.1, 0.15) is 16.9 Å². The number of furan rings is 1. The Morgan fingerprint density at radius 1 is 1.09 bits per heavy atom. The number of carbonyl (C=O) groups excluding carboxylic acids is 1. The zero-order chi connectivity index (χ0) is 23.4. The van der Waals surface area contributed by atoms with Crippen molar-refractivity contribution in [2.45, 2.75) is 6.42 Å². The van der Waals surface area contributed by atoms with Crippen molar-refractivity contribution < 1.29 is 18.7 Å². The number of hydrogen-bond donors (Lipinski definition) is 0. The maximum atomic E-state index is 12.9. The molecule has 2 heterocycles. The molecular weight excluding hydrogens is 456 g/mol. The van der Waals surface area contributed by atoms with E-state index in [1.807, 2.05) is 42.5 Å². The highest BCUT2D eigenvalue weighted by atomic mass is 32.2. The van der Waals surface area contributed by atoms with E-state index in [2.05, 4.69) is 6.07 Å². The Hall–Kier alpha value is -3.54. The van der Waals surface area contributed by atoms with Crippen LogP contribution in [0.3, 0.4) is 0 Å². The number of hydrogen-bond acceptors (Lipinski definition) is 7. The highest BCUT2D eigenvalue weighted by Crippen LogP contribution is 2.34. The first-order chi connectivity index (χ1) is 16.0. The molecule has 1 amide bonds. The normalized spacial score (nSPS) is 14.6. The van der Waals surface area contributed by atoms with Crippen LogP contribution >= 0.6 is 24.0 Å². The quantitative estimate of drug-likeness (QED) is 0.339. The van der Waals surface area contributed by atoms with Gasteiger partial charge in [-0.25, -0.2) is 0 Å². The van der Waals surface area contributed by atoms with Gasteiger partial charge in [0.2, 0.25) is 0 Å². The SMILES string of the molecule is COc1ccc(CCN2C(=O)/C(=C/c3ccc(-c4ccc(C#N)cc4)o3)SC2=S)cc1OC. The van der Waals surface area contributed by atoms with Crippen molar-refractivity contribution in [2.24, 2.45) is 0 Å². The largest absolute Gasteiger partial charge is 0.493 e. The molecule has 0 atom stereocenters. The summed E-state index contributed by atoms with van der Waals surface area (Å²) in [6.07, 6.45) is 2.34. The van der Waals surface area contributed by atoms with Gasteiger partial charge in [0.25, 0.3) is 5.91 Å². The zero-order valence-electron chi connectivity index (χ0n) is 18.0. The Morgan fingerprint density at radius 3 is 2.55 bits per heavy atom. The monoisotopic (exact) mass is 476 g/mol. The lowest BCUT2D eigenvalue weighted by Crippen LogP contribution is -2.30. The fraction of sp³-hybridized carbons (Fsp3) is 0.160. The molecule has 0 saturated carbocycles. The molecule has 0 N–H and O–H groups in total. The lowest BCUT2D eigenvalue weighted by atomic mass is 10.1. The number of thiocarbonyl (C=S) groups is 1. The molecule has 1 aromatic heterocycles. The maximum Gasteiger partial charge on any atom is 0.266 e. The van der Waals surface area contributed by atoms with E-state index >= 15 is 0 Å². The summed E-state index contributed by atoms with van der Waals surface area (Å²) >= 11 is 6.71. The summed E-state index contributed by atoms with van der Waals surface area (Å²) in [4.78, 5) is 15.1. The van der Waals surface area contributed by atoms with Gasteiger partial charge >= 0.3 is 0 Å². The molecule has 1 fully saturated rings. The van der Waals surface area contributed by atoms with E-state index in [9.17, 15) is 4.79 Å². The number of carbonyl (C=O) groups is 1. The highest BCUT2D eigenvalue weighted by molar-refractivity contribution is 8.26. The van der Waals surface area contributed by atoms with Gasteiger partial charge in [-0.3, -0.25) is 9.69 Å². The molecule has 0 aliphatic carbocycles. The lowest BCUT2D eigenvalue weighted by Gasteiger charge is -2.15. The van der Waals surface area contributed by atoms with Gasteiger partial charge in [-0.2, -0.15) is 5.26 Å². The van der Waals surface area contributed by atoms with Gasteiger partial charge in [-0.15, -0.1) is 0 Å². The van der Waals surface area contributed by atoms with E-state index in [0.717, 1.165) is 11.1 Å². The summed E-state index contributed by atoms with van der Waals surface area (Å²) in [5, 5.41) is 8.94. The van der Waals surface area contributed by atoms with Crippen molar-refractivity contribution in [3.05, 3.63) is 76.4 Å². The molecule has 0 unspecified atom stereocenters. The van der Waals surface area contributed by atoms with Gasteiger partial charge in [0.15, 0.2) is 11.5 Å². The summed E-state index contributed by atoms with van der Waals surface area (Å²) in [5.74, 6) is 2.40. The van der Waals surface area contributed by atoms with E-state index < -0.39 is 0 Å². The summed E-state index contributed by atoms with van der Waals surface area (Å²) in [7, 11) is 3.19. The second-order valence-corrected chi connectivity index (χ2v) is 8.84. The van der Waals surface area contributed by atoms with Crippen LogP contribution in [0.4, 0.5) is 0 Å². The van der Waals surface area contributed by atoms with Crippen LogP contribution < -0.4 is 9.47 Å². The van der Waals surface area contributed by atoms with Crippen molar-refractivity contribution in [1.29, 1.82) is 5.26 Å². The van der Waals surface area contributed by atoms with Crippen LogP contribution in [-0.2, 0) is 11.2 Å². The third-order valence-electron chi connectivity index (χ3n) is 5.14. The van der Waals surface area contributed by atoms with Gasteiger partial charge in [0.1, 0.15) is 15.8 Å². The predicted octanol–water partition coefficient (Wildman–Crippen LogP) is 5.28. The number of nitriles is 1. The van der Waals surface area contributed by atoms with Crippen LogP contribution in [0.15, 0.2) is 63.9 Å². The average molecular weight is 477 g/mol. The molecule has 0 spiro atoms. The number of amides is 1. The fourth-order valence-electron chi connectivity index (χ4n) is 3.39. The van der Waals surface area contributed by atoms with E-state index in [1.54, 1.807) is 37.3 Å². The van der Waals surface area contributed by atoms with Crippen LogP contribution in [-0.4, -0.2) is 35.9 Å². The number of methoxy groups -OCH3 is 2. The number of benzene rings is 2. The van der Waals surface area contributed by atoms with Gasteiger partial charge in [-0.1, -0.05) is 30.0 Å². The molecule has 1 aliphatic rings. The maximum absolute atomic E-state index is 12.9. The summed E-state index contributed by atoms with van der Waals surface area (Å²) < 4.78 is 17.0. The van der Waals surface area contributed by atoms with Crippen molar-refractivity contribution in [3.8, 4) is 28.9 Å². The first-order valence-corrected chi connectivity index (χ1v) is 11.3. The van der Waals surface area contributed by atoms with Crippen LogP contribution in [0, 0.1) is 11.3 Å². The first-order valence-electron chi connectivity index (χ1n) is 10.1.